The van der Waals surface area contributed by atoms with E-state index in [0.717, 1.165) is 5.75 Å². The van der Waals surface area contributed by atoms with Gasteiger partial charge in [-0.3, -0.25) is 0 Å². The second kappa shape index (κ2) is 6.27. The molecule has 0 unspecified atom stereocenters. The van der Waals surface area contributed by atoms with Gasteiger partial charge in [0.05, 0.1) is 11.3 Å². The Morgan fingerprint density at radius 3 is 2.76 bits per heavy atom. The van der Waals surface area contributed by atoms with Gasteiger partial charge in [-0.25, -0.2) is 9.59 Å². The van der Waals surface area contributed by atoms with Crippen molar-refractivity contribution in [2.45, 2.75) is 18.6 Å². The Hall–Kier alpha value is -1.21. The van der Waals surface area contributed by atoms with Gasteiger partial charge in [-0.2, -0.15) is 11.8 Å². The fraction of sp³-hybridized carbons (Fsp3) is 0.429. The molecule has 0 aliphatic carbocycles. The second-order valence-electron chi connectivity index (χ2n) is 5.45. The van der Waals surface area contributed by atoms with Crippen molar-refractivity contribution in [1.82, 2.24) is 4.90 Å². The lowest BCUT2D eigenvalue weighted by molar-refractivity contribution is 0.0698. The largest absolute Gasteiger partial charge is 0.478 e. The van der Waals surface area contributed by atoms with Crippen LogP contribution in [0.4, 0.5) is 10.5 Å². The number of nitrogens with zero attached hydrogens (tertiary/aromatic N) is 1. The lowest BCUT2D eigenvalue weighted by Gasteiger charge is -2.37. The zero-order chi connectivity index (χ0) is 15.6. The van der Waals surface area contributed by atoms with Gasteiger partial charge in [-0.15, -0.1) is 0 Å². The third-order valence-electron chi connectivity index (χ3n) is 3.17. The summed E-state index contributed by atoms with van der Waals surface area (Å²) in [5, 5.41) is 11.9. The van der Waals surface area contributed by atoms with Crippen LogP contribution in [0.2, 0.25) is 0 Å². The molecule has 21 heavy (non-hydrogen) atoms. The van der Waals surface area contributed by atoms with Gasteiger partial charge in [0, 0.05) is 28.1 Å². The van der Waals surface area contributed by atoms with Gasteiger partial charge in [0.25, 0.3) is 0 Å². The lowest BCUT2D eigenvalue weighted by Crippen LogP contribution is -2.47. The summed E-state index contributed by atoms with van der Waals surface area (Å²) in [4.78, 5) is 25.3. The SMILES string of the molecule is CC1(C)CN(C(=O)Nc2ccc(Br)cc2C(=O)O)CCS1. The third kappa shape index (κ3) is 4.14. The summed E-state index contributed by atoms with van der Waals surface area (Å²) in [7, 11) is 0. The molecule has 0 bridgehead atoms. The summed E-state index contributed by atoms with van der Waals surface area (Å²) in [5.74, 6) is -0.187. The Bertz CT molecular complexity index is 577. The number of anilines is 1. The Morgan fingerprint density at radius 1 is 1.43 bits per heavy atom. The molecule has 1 saturated heterocycles. The highest BCUT2D eigenvalue weighted by atomic mass is 79.9. The number of carboxylic acids is 1. The summed E-state index contributed by atoms with van der Waals surface area (Å²) >= 11 is 5.07. The molecule has 0 saturated carbocycles. The number of halogens is 1. The summed E-state index contributed by atoms with van der Waals surface area (Å²) in [5.41, 5.74) is 0.384. The molecule has 2 rings (SSSR count). The number of carbonyl (C=O) groups is 2. The second-order valence-corrected chi connectivity index (χ2v) is 8.17. The first-order valence-electron chi connectivity index (χ1n) is 6.51. The molecule has 114 valence electrons. The molecule has 1 aromatic carbocycles. The minimum absolute atomic E-state index is 0.0188. The first-order valence-corrected chi connectivity index (χ1v) is 8.29. The molecule has 0 aromatic heterocycles. The van der Waals surface area contributed by atoms with Crippen molar-refractivity contribution in [1.29, 1.82) is 0 Å². The monoisotopic (exact) mass is 372 g/mol. The zero-order valence-corrected chi connectivity index (χ0v) is 14.3. The first kappa shape index (κ1) is 16.2. The molecule has 2 N–H and O–H groups in total. The molecule has 5 nitrogen and oxygen atoms in total. The van der Waals surface area contributed by atoms with Crippen LogP contribution < -0.4 is 5.32 Å². The number of rotatable bonds is 2. The fourth-order valence-electron chi connectivity index (χ4n) is 2.19. The number of hydrogen-bond acceptors (Lipinski definition) is 3. The molecular formula is C14H17BrN2O3S. The van der Waals surface area contributed by atoms with Crippen LogP contribution in [0.3, 0.4) is 0 Å². The lowest BCUT2D eigenvalue weighted by atomic mass is 10.1. The zero-order valence-electron chi connectivity index (χ0n) is 11.9. The molecule has 1 heterocycles. The molecule has 1 aromatic rings. The number of carboxylic acid groups (broad SMARTS) is 1. The molecule has 0 radical (unpaired) electrons. The van der Waals surface area contributed by atoms with E-state index >= 15 is 0 Å². The highest BCUT2D eigenvalue weighted by molar-refractivity contribution is 9.10. The quantitative estimate of drug-likeness (QED) is 0.833. The van der Waals surface area contributed by atoms with E-state index in [2.05, 4.69) is 35.1 Å². The molecular weight excluding hydrogens is 356 g/mol. The number of amides is 2. The number of hydrogen-bond donors (Lipinski definition) is 2. The number of thioether (sulfide) groups is 1. The predicted octanol–water partition coefficient (Wildman–Crippen LogP) is 3.51. The van der Waals surface area contributed by atoms with Crippen molar-refractivity contribution < 1.29 is 14.7 Å². The number of carbonyl (C=O) groups excluding carboxylic acids is 1. The van der Waals surface area contributed by atoms with Gasteiger partial charge in [0.15, 0.2) is 0 Å². The molecule has 0 atom stereocenters. The van der Waals surface area contributed by atoms with Crippen molar-refractivity contribution in [3.8, 4) is 0 Å². The molecule has 0 spiro atoms. The third-order valence-corrected chi connectivity index (χ3v) is 4.96. The topological polar surface area (TPSA) is 69.6 Å². The maximum absolute atomic E-state index is 12.3. The van der Waals surface area contributed by atoms with Gasteiger partial charge in [-0.1, -0.05) is 15.9 Å². The minimum Gasteiger partial charge on any atom is -0.478 e. The Labute approximate surface area is 136 Å². The smallest absolute Gasteiger partial charge is 0.337 e. The Balaban J connectivity index is 2.14. The van der Waals surface area contributed by atoms with E-state index in [1.54, 1.807) is 17.0 Å². The van der Waals surface area contributed by atoms with Crippen LogP contribution in [0.15, 0.2) is 22.7 Å². The van der Waals surface area contributed by atoms with Crippen LogP contribution >= 0.6 is 27.7 Å². The van der Waals surface area contributed by atoms with Crippen molar-refractivity contribution in [2.75, 3.05) is 24.2 Å². The van der Waals surface area contributed by atoms with Gasteiger partial charge in [0.2, 0.25) is 0 Å². The van der Waals surface area contributed by atoms with Crippen LogP contribution in [-0.2, 0) is 0 Å². The number of nitrogens with one attached hydrogen (secondary N) is 1. The van der Waals surface area contributed by atoms with Gasteiger partial charge >= 0.3 is 12.0 Å². The number of aromatic carboxylic acids is 1. The highest BCUT2D eigenvalue weighted by Crippen LogP contribution is 2.30. The number of urea groups is 1. The molecule has 1 aliphatic heterocycles. The van der Waals surface area contributed by atoms with E-state index in [-0.39, 0.29) is 16.3 Å². The van der Waals surface area contributed by atoms with Crippen molar-refractivity contribution in [2.24, 2.45) is 0 Å². The maximum atomic E-state index is 12.3. The van der Waals surface area contributed by atoms with E-state index < -0.39 is 5.97 Å². The van der Waals surface area contributed by atoms with Crippen LogP contribution in [0.25, 0.3) is 0 Å². The molecule has 1 aliphatic rings. The van der Waals surface area contributed by atoms with E-state index in [1.165, 1.54) is 6.07 Å². The summed E-state index contributed by atoms with van der Waals surface area (Å²) < 4.78 is 0.679. The van der Waals surface area contributed by atoms with Crippen LogP contribution in [0.1, 0.15) is 24.2 Å². The van der Waals surface area contributed by atoms with Crippen molar-refractivity contribution in [3.63, 3.8) is 0 Å². The maximum Gasteiger partial charge on any atom is 0.337 e. The molecule has 2 amide bonds. The van der Waals surface area contributed by atoms with Gasteiger partial charge in [-0.05, 0) is 32.0 Å². The van der Waals surface area contributed by atoms with E-state index in [9.17, 15) is 14.7 Å². The average Bonchev–Trinajstić information content (AvgIpc) is 2.39. The predicted molar refractivity (Wildman–Crippen MR) is 88.2 cm³/mol. The molecule has 7 heteroatoms. The van der Waals surface area contributed by atoms with Crippen LogP contribution in [0, 0.1) is 0 Å². The average molecular weight is 373 g/mol. The van der Waals surface area contributed by atoms with Crippen molar-refractivity contribution >= 4 is 45.4 Å². The standard InChI is InChI=1S/C14H17BrN2O3S/c1-14(2)8-17(5-6-21-14)13(20)16-11-4-3-9(15)7-10(11)12(18)19/h3-4,7H,5-6,8H2,1-2H3,(H,16,20)(H,18,19). The first-order chi connectivity index (χ1) is 9.78. The summed E-state index contributed by atoms with van der Waals surface area (Å²) in [6, 6.07) is 4.52. The van der Waals surface area contributed by atoms with E-state index in [1.807, 2.05) is 11.8 Å². The van der Waals surface area contributed by atoms with Crippen LogP contribution in [0.5, 0.6) is 0 Å². The van der Waals surface area contributed by atoms with Crippen LogP contribution in [-0.4, -0.2) is 45.6 Å². The van der Waals surface area contributed by atoms with Gasteiger partial charge < -0.3 is 15.3 Å². The normalized spacial score (nSPS) is 17.4. The van der Waals surface area contributed by atoms with E-state index in [4.69, 9.17) is 0 Å². The summed E-state index contributed by atoms with van der Waals surface area (Å²) in [6.45, 7) is 5.50. The minimum atomic E-state index is -1.07. The fourth-order valence-corrected chi connectivity index (χ4v) is 3.66. The van der Waals surface area contributed by atoms with Crippen molar-refractivity contribution in [3.05, 3.63) is 28.2 Å². The Kier molecular flexibility index (Phi) is 4.83. The number of benzene rings is 1. The highest BCUT2D eigenvalue weighted by Gasteiger charge is 2.30. The van der Waals surface area contributed by atoms with Gasteiger partial charge in [0.1, 0.15) is 0 Å². The summed E-state index contributed by atoms with van der Waals surface area (Å²) in [6.07, 6.45) is 0. The Morgan fingerprint density at radius 2 is 2.14 bits per heavy atom. The van der Waals surface area contributed by atoms with E-state index in [0.29, 0.717) is 23.2 Å². The molecule has 1 fully saturated rings.